The van der Waals surface area contributed by atoms with Gasteiger partial charge in [-0.25, -0.2) is 0 Å². The second-order valence-electron chi connectivity index (χ2n) is 5.37. The Hall–Kier alpha value is -1.02. The van der Waals surface area contributed by atoms with E-state index in [1.165, 1.54) is 11.1 Å². The summed E-state index contributed by atoms with van der Waals surface area (Å²) in [6.45, 7) is 6.33. The van der Waals surface area contributed by atoms with E-state index >= 15 is 0 Å². The van der Waals surface area contributed by atoms with Crippen molar-refractivity contribution in [2.24, 2.45) is 5.41 Å². The molecule has 1 N–H and O–H groups in total. The molecule has 0 aliphatic heterocycles. The van der Waals surface area contributed by atoms with E-state index in [0.29, 0.717) is 5.92 Å². The van der Waals surface area contributed by atoms with Gasteiger partial charge in [0.05, 0.1) is 13.2 Å². The fraction of sp³-hybridized carbons (Fsp3) is 0.571. The molecule has 1 aliphatic carbocycles. The molecule has 0 radical (unpaired) electrons. The Bertz CT molecular complexity index is 396. The van der Waals surface area contributed by atoms with Crippen LogP contribution in [-0.2, 0) is 0 Å². The van der Waals surface area contributed by atoms with Crippen LogP contribution in [0.2, 0.25) is 0 Å². The van der Waals surface area contributed by atoms with Crippen LogP contribution in [0.25, 0.3) is 0 Å². The summed E-state index contributed by atoms with van der Waals surface area (Å²) < 4.78 is 5.40. The Kier molecular flexibility index (Phi) is 2.70. The molecule has 1 fully saturated rings. The largest absolute Gasteiger partial charge is 0.496 e. The molecule has 0 bridgehead atoms. The van der Waals surface area contributed by atoms with Crippen molar-refractivity contribution >= 4 is 0 Å². The predicted molar refractivity (Wildman–Crippen MR) is 64.9 cm³/mol. The van der Waals surface area contributed by atoms with Gasteiger partial charge in [-0.1, -0.05) is 31.5 Å². The van der Waals surface area contributed by atoms with Gasteiger partial charge >= 0.3 is 0 Å². The fourth-order valence-corrected chi connectivity index (χ4v) is 2.56. The molecule has 0 spiro atoms. The smallest absolute Gasteiger partial charge is 0.122 e. The van der Waals surface area contributed by atoms with Gasteiger partial charge in [0.15, 0.2) is 0 Å². The van der Waals surface area contributed by atoms with Crippen molar-refractivity contribution in [2.75, 3.05) is 7.11 Å². The lowest BCUT2D eigenvalue weighted by atomic mass is 9.57. The average molecular weight is 220 g/mol. The maximum absolute atomic E-state index is 9.80. The maximum Gasteiger partial charge on any atom is 0.122 e. The number of hydrogen-bond donors (Lipinski definition) is 1. The van der Waals surface area contributed by atoms with Crippen LogP contribution in [0.5, 0.6) is 5.75 Å². The first-order valence-corrected chi connectivity index (χ1v) is 5.79. The van der Waals surface area contributed by atoms with Crippen LogP contribution in [0.15, 0.2) is 18.2 Å². The Morgan fingerprint density at radius 1 is 1.38 bits per heavy atom. The topological polar surface area (TPSA) is 29.5 Å². The monoisotopic (exact) mass is 220 g/mol. The van der Waals surface area contributed by atoms with Crippen LogP contribution in [0.4, 0.5) is 0 Å². The Labute approximate surface area is 97.3 Å². The van der Waals surface area contributed by atoms with Crippen LogP contribution in [-0.4, -0.2) is 18.3 Å². The number of rotatable bonds is 2. The molecular formula is C14H20O2. The van der Waals surface area contributed by atoms with E-state index in [9.17, 15) is 5.11 Å². The van der Waals surface area contributed by atoms with Gasteiger partial charge in [0.1, 0.15) is 5.75 Å². The lowest BCUT2D eigenvalue weighted by Gasteiger charge is -2.50. The molecule has 0 aromatic heterocycles. The first-order chi connectivity index (χ1) is 7.46. The van der Waals surface area contributed by atoms with Gasteiger partial charge in [-0.3, -0.25) is 0 Å². The van der Waals surface area contributed by atoms with Gasteiger partial charge in [-0.2, -0.15) is 0 Å². The lowest BCUT2D eigenvalue weighted by Crippen LogP contribution is -2.47. The highest BCUT2D eigenvalue weighted by molar-refractivity contribution is 5.42. The Morgan fingerprint density at radius 2 is 2.06 bits per heavy atom. The molecule has 1 aliphatic rings. The first kappa shape index (κ1) is 11.5. The average Bonchev–Trinajstić information content (AvgIpc) is 2.25. The summed E-state index contributed by atoms with van der Waals surface area (Å²) in [4.78, 5) is 0. The van der Waals surface area contributed by atoms with Crippen LogP contribution < -0.4 is 4.74 Å². The molecule has 16 heavy (non-hydrogen) atoms. The van der Waals surface area contributed by atoms with Gasteiger partial charge in [0.2, 0.25) is 0 Å². The van der Waals surface area contributed by atoms with Crippen LogP contribution >= 0.6 is 0 Å². The van der Waals surface area contributed by atoms with Gasteiger partial charge in [-0.05, 0) is 36.3 Å². The Morgan fingerprint density at radius 3 is 2.56 bits per heavy atom. The SMILES string of the molecule is COc1ccc(C)cc1C1CC(O)C1(C)C. The van der Waals surface area contributed by atoms with Crippen molar-refractivity contribution in [1.82, 2.24) is 0 Å². The number of aryl methyl sites for hydroxylation is 1. The van der Waals surface area contributed by atoms with Crippen molar-refractivity contribution in [2.45, 2.75) is 39.2 Å². The Balaban J connectivity index is 2.37. The van der Waals surface area contributed by atoms with E-state index in [0.717, 1.165) is 12.2 Å². The third-order valence-corrected chi connectivity index (χ3v) is 3.98. The van der Waals surface area contributed by atoms with Crippen molar-refractivity contribution in [3.8, 4) is 5.75 Å². The molecule has 1 aromatic carbocycles. The zero-order chi connectivity index (χ0) is 11.9. The maximum atomic E-state index is 9.80. The quantitative estimate of drug-likeness (QED) is 0.830. The number of hydrogen-bond acceptors (Lipinski definition) is 2. The number of benzene rings is 1. The summed E-state index contributed by atoms with van der Waals surface area (Å²) in [5.74, 6) is 1.34. The zero-order valence-corrected chi connectivity index (χ0v) is 10.4. The van der Waals surface area contributed by atoms with Gasteiger partial charge in [0.25, 0.3) is 0 Å². The molecule has 0 amide bonds. The molecule has 1 saturated carbocycles. The summed E-state index contributed by atoms with van der Waals surface area (Å²) in [5, 5.41) is 9.80. The second-order valence-corrected chi connectivity index (χ2v) is 5.37. The van der Waals surface area contributed by atoms with E-state index in [1.807, 2.05) is 6.07 Å². The van der Waals surface area contributed by atoms with Crippen molar-refractivity contribution in [3.05, 3.63) is 29.3 Å². The van der Waals surface area contributed by atoms with Crippen LogP contribution in [0.3, 0.4) is 0 Å². The third kappa shape index (κ3) is 1.61. The fourth-order valence-electron chi connectivity index (χ4n) is 2.56. The number of aliphatic hydroxyl groups excluding tert-OH is 1. The van der Waals surface area contributed by atoms with E-state index in [1.54, 1.807) is 7.11 Å². The molecule has 2 rings (SSSR count). The zero-order valence-electron chi connectivity index (χ0n) is 10.4. The summed E-state index contributed by atoms with van der Waals surface area (Å²) in [5.41, 5.74) is 2.44. The lowest BCUT2D eigenvalue weighted by molar-refractivity contribution is -0.0631. The molecular weight excluding hydrogens is 200 g/mol. The van der Waals surface area contributed by atoms with E-state index in [-0.39, 0.29) is 11.5 Å². The summed E-state index contributed by atoms with van der Waals surface area (Å²) in [6, 6.07) is 6.26. The van der Waals surface area contributed by atoms with E-state index in [2.05, 4.69) is 32.9 Å². The number of methoxy groups -OCH3 is 1. The molecule has 88 valence electrons. The summed E-state index contributed by atoms with van der Waals surface area (Å²) >= 11 is 0. The minimum atomic E-state index is -0.192. The van der Waals surface area contributed by atoms with E-state index in [4.69, 9.17) is 4.74 Å². The van der Waals surface area contributed by atoms with Crippen LogP contribution in [0, 0.1) is 12.3 Å². The highest BCUT2D eigenvalue weighted by Crippen LogP contribution is 2.54. The minimum absolute atomic E-state index is 0.0406. The van der Waals surface area contributed by atoms with Crippen molar-refractivity contribution < 1.29 is 9.84 Å². The van der Waals surface area contributed by atoms with Crippen molar-refractivity contribution in [1.29, 1.82) is 0 Å². The molecule has 2 unspecified atom stereocenters. The minimum Gasteiger partial charge on any atom is -0.496 e. The molecule has 2 nitrogen and oxygen atoms in total. The molecule has 2 atom stereocenters. The van der Waals surface area contributed by atoms with Gasteiger partial charge in [0, 0.05) is 0 Å². The number of ether oxygens (including phenoxy) is 1. The first-order valence-electron chi connectivity index (χ1n) is 5.79. The normalized spacial score (nSPS) is 27.3. The standard InChI is InChI=1S/C14H20O2/c1-9-5-6-12(16-4)10(7-9)11-8-13(15)14(11,2)3/h5-7,11,13,15H,8H2,1-4H3. The molecule has 2 heteroatoms. The number of aliphatic hydroxyl groups is 1. The summed E-state index contributed by atoms with van der Waals surface area (Å²) in [6.07, 6.45) is 0.648. The van der Waals surface area contributed by atoms with Crippen LogP contribution in [0.1, 0.15) is 37.3 Å². The highest BCUT2D eigenvalue weighted by atomic mass is 16.5. The molecule has 0 saturated heterocycles. The molecule has 0 heterocycles. The molecule has 1 aromatic rings. The van der Waals surface area contributed by atoms with Gasteiger partial charge in [-0.15, -0.1) is 0 Å². The highest BCUT2D eigenvalue weighted by Gasteiger charge is 2.48. The third-order valence-electron chi connectivity index (χ3n) is 3.98. The van der Waals surface area contributed by atoms with Crippen molar-refractivity contribution in [3.63, 3.8) is 0 Å². The second kappa shape index (κ2) is 3.77. The summed E-state index contributed by atoms with van der Waals surface area (Å²) in [7, 11) is 1.70. The van der Waals surface area contributed by atoms with Gasteiger partial charge < -0.3 is 9.84 Å². The predicted octanol–water partition coefficient (Wildman–Crippen LogP) is 2.88. The van der Waals surface area contributed by atoms with E-state index < -0.39 is 0 Å².